The van der Waals surface area contributed by atoms with Crippen LogP contribution in [-0.2, 0) is 10.2 Å². The molecule has 0 saturated heterocycles. The van der Waals surface area contributed by atoms with E-state index in [0.29, 0.717) is 36.9 Å². The van der Waals surface area contributed by atoms with Crippen molar-refractivity contribution in [2.24, 2.45) is 0 Å². The van der Waals surface area contributed by atoms with Crippen LogP contribution in [0.3, 0.4) is 0 Å². The number of amides is 1. The highest BCUT2D eigenvalue weighted by molar-refractivity contribution is 6.07. The Morgan fingerprint density at radius 1 is 1.26 bits per heavy atom. The van der Waals surface area contributed by atoms with Crippen molar-refractivity contribution in [1.82, 2.24) is 4.98 Å². The molecule has 0 radical (unpaired) electrons. The van der Waals surface area contributed by atoms with Crippen LogP contribution in [-0.4, -0.2) is 28.1 Å². The Kier molecular flexibility index (Phi) is 4.05. The molecule has 2 aliphatic rings. The summed E-state index contributed by atoms with van der Waals surface area (Å²) in [5, 5.41) is 12.0. The third kappa shape index (κ3) is 2.90. The number of anilines is 1. The van der Waals surface area contributed by atoms with Gasteiger partial charge < -0.3 is 15.2 Å². The smallest absolute Gasteiger partial charge is 0.335 e. The van der Waals surface area contributed by atoms with Crippen molar-refractivity contribution in [1.29, 1.82) is 0 Å². The molecule has 8 heteroatoms. The van der Waals surface area contributed by atoms with E-state index < -0.39 is 23.1 Å². The molecule has 0 atom stereocenters. The van der Waals surface area contributed by atoms with E-state index in [1.165, 1.54) is 12.1 Å². The molecule has 1 spiro atoms. The Labute approximate surface area is 153 Å². The second-order valence-corrected chi connectivity index (χ2v) is 6.86. The summed E-state index contributed by atoms with van der Waals surface area (Å²) < 4.78 is 32.5. The topological polar surface area (TPSA) is 88.5 Å². The van der Waals surface area contributed by atoms with Gasteiger partial charge in [-0.2, -0.15) is 4.39 Å². The fourth-order valence-corrected chi connectivity index (χ4v) is 3.91. The highest BCUT2D eigenvalue weighted by Gasteiger charge is 2.49. The Morgan fingerprint density at radius 3 is 2.70 bits per heavy atom. The van der Waals surface area contributed by atoms with E-state index in [1.54, 1.807) is 6.07 Å². The Morgan fingerprint density at radius 2 is 2.00 bits per heavy atom. The zero-order valence-electron chi connectivity index (χ0n) is 14.2. The lowest BCUT2D eigenvalue weighted by molar-refractivity contribution is -0.122. The van der Waals surface area contributed by atoms with Gasteiger partial charge >= 0.3 is 5.97 Å². The average molecular weight is 374 g/mol. The van der Waals surface area contributed by atoms with Crippen LogP contribution in [0.1, 0.15) is 41.6 Å². The molecular weight excluding hydrogens is 358 g/mol. The first-order chi connectivity index (χ1) is 12.9. The molecule has 0 unspecified atom stereocenters. The minimum Gasteiger partial charge on any atom is -0.486 e. The predicted octanol–water partition coefficient (Wildman–Crippen LogP) is 3.27. The Bertz CT molecular complexity index is 939. The molecule has 1 fully saturated rings. The van der Waals surface area contributed by atoms with Crippen molar-refractivity contribution in [2.45, 2.75) is 37.2 Å². The van der Waals surface area contributed by atoms with Gasteiger partial charge in [-0.1, -0.05) is 0 Å². The summed E-state index contributed by atoms with van der Waals surface area (Å²) in [7, 11) is 0. The van der Waals surface area contributed by atoms with Crippen LogP contribution in [0, 0.1) is 11.8 Å². The number of aromatic carboxylic acids is 1. The largest absolute Gasteiger partial charge is 0.486 e. The SMILES string of the molecule is O=C(O)c1ccc2c(c1)[C@]1(CC[C@H](Oc3cc(F)cnc3F)CC1)C(=O)N2. The molecule has 2 aromatic rings. The van der Waals surface area contributed by atoms with E-state index in [-0.39, 0.29) is 23.3 Å². The summed E-state index contributed by atoms with van der Waals surface area (Å²) in [5.41, 5.74) is 0.587. The quantitative estimate of drug-likeness (QED) is 0.805. The number of ether oxygens (including phenoxy) is 1. The summed E-state index contributed by atoms with van der Waals surface area (Å²) in [6, 6.07) is 5.53. The maximum absolute atomic E-state index is 13.7. The summed E-state index contributed by atoms with van der Waals surface area (Å²) in [6.07, 6.45) is 2.12. The fourth-order valence-electron chi connectivity index (χ4n) is 3.91. The first-order valence-electron chi connectivity index (χ1n) is 8.56. The number of nitrogens with one attached hydrogen (secondary N) is 1. The molecule has 27 heavy (non-hydrogen) atoms. The maximum atomic E-state index is 13.7. The van der Waals surface area contributed by atoms with Crippen LogP contribution in [0.5, 0.6) is 5.75 Å². The lowest BCUT2D eigenvalue weighted by Gasteiger charge is -2.35. The number of fused-ring (bicyclic) bond motifs is 2. The number of carbonyl (C=O) groups excluding carboxylic acids is 1. The molecule has 4 rings (SSSR count). The van der Waals surface area contributed by atoms with Gasteiger partial charge in [-0.15, -0.1) is 0 Å². The molecule has 1 aliphatic carbocycles. The third-order valence-corrected chi connectivity index (χ3v) is 5.32. The van der Waals surface area contributed by atoms with E-state index in [0.717, 1.165) is 12.3 Å². The van der Waals surface area contributed by atoms with Gasteiger partial charge in [-0.25, -0.2) is 14.2 Å². The molecule has 1 saturated carbocycles. The van der Waals surface area contributed by atoms with Crippen LogP contribution in [0.15, 0.2) is 30.5 Å². The highest BCUT2D eigenvalue weighted by Crippen LogP contribution is 2.48. The molecule has 2 heterocycles. The van der Waals surface area contributed by atoms with Crippen molar-refractivity contribution in [2.75, 3.05) is 5.32 Å². The number of rotatable bonds is 3. The maximum Gasteiger partial charge on any atom is 0.335 e. The summed E-state index contributed by atoms with van der Waals surface area (Å²) >= 11 is 0. The number of hydrogen-bond donors (Lipinski definition) is 2. The zero-order chi connectivity index (χ0) is 19.2. The molecule has 1 aromatic heterocycles. The molecule has 140 valence electrons. The van der Waals surface area contributed by atoms with Crippen molar-refractivity contribution >= 4 is 17.6 Å². The van der Waals surface area contributed by atoms with Gasteiger partial charge in [0.05, 0.1) is 23.3 Å². The molecule has 2 N–H and O–H groups in total. The van der Waals surface area contributed by atoms with Crippen LogP contribution in [0.4, 0.5) is 14.5 Å². The number of nitrogens with zero attached hydrogens (tertiary/aromatic N) is 1. The fraction of sp³-hybridized carbons (Fsp3) is 0.316. The Hall–Kier alpha value is -3.03. The monoisotopic (exact) mass is 374 g/mol. The number of pyridine rings is 1. The van der Waals surface area contributed by atoms with Gasteiger partial charge in [-0.3, -0.25) is 4.79 Å². The van der Waals surface area contributed by atoms with Crippen LogP contribution < -0.4 is 10.1 Å². The first kappa shape index (κ1) is 17.4. The highest BCUT2D eigenvalue weighted by atomic mass is 19.1. The molecule has 1 aromatic carbocycles. The van der Waals surface area contributed by atoms with Gasteiger partial charge in [0.15, 0.2) is 5.75 Å². The van der Waals surface area contributed by atoms with E-state index in [4.69, 9.17) is 4.74 Å². The summed E-state index contributed by atoms with van der Waals surface area (Å²) in [5.74, 6) is -3.05. The van der Waals surface area contributed by atoms with Gasteiger partial charge in [0.25, 0.3) is 5.95 Å². The third-order valence-electron chi connectivity index (χ3n) is 5.32. The van der Waals surface area contributed by atoms with Crippen molar-refractivity contribution in [3.8, 4) is 5.75 Å². The van der Waals surface area contributed by atoms with Gasteiger partial charge in [0, 0.05) is 11.8 Å². The van der Waals surface area contributed by atoms with Crippen LogP contribution >= 0.6 is 0 Å². The predicted molar refractivity (Wildman–Crippen MR) is 90.7 cm³/mol. The molecule has 6 nitrogen and oxygen atoms in total. The normalized spacial score (nSPS) is 23.8. The molecule has 0 bridgehead atoms. The number of carbonyl (C=O) groups is 2. The Balaban J connectivity index is 1.55. The van der Waals surface area contributed by atoms with Crippen molar-refractivity contribution < 1.29 is 28.2 Å². The van der Waals surface area contributed by atoms with Crippen molar-refractivity contribution in [3.63, 3.8) is 0 Å². The number of carboxylic acid groups (broad SMARTS) is 1. The van der Waals surface area contributed by atoms with E-state index in [2.05, 4.69) is 10.3 Å². The van der Waals surface area contributed by atoms with Gasteiger partial charge in [0.2, 0.25) is 5.91 Å². The number of aromatic nitrogens is 1. The minimum absolute atomic E-state index is 0.121. The standard InChI is InChI=1S/C19H16F2N2O4/c20-11-8-15(16(21)22-9-11)27-12-3-5-19(6-4-12)13-7-10(17(24)25)1-2-14(13)23-18(19)26/h1-2,7-9,12H,3-6H2,(H,23,26)(H,24,25)/t12-,19+. The average Bonchev–Trinajstić information content (AvgIpc) is 2.91. The van der Waals surface area contributed by atoms with Gasteiger partial charge in [0.1, 0.15) is 5.82 Å². The molecular formula is C19H16F2N2O4. The van der Waals surface area contributed by atoms with Crippen LogP contribution in [0.2, 0.25) is 0 Å². The number of hydrogen-bond acceptors (Lipinski definition) is 4. The van der Waals surface area contributed by atoms with E-state index in [1.807, 2.05) is 0 Å². The van der Waals surface area contributed by atoms with E-state index >= 15 is 0 Å². The minimum atomic E-state index is -1.06. The second kappa shape index (κ2) is 6.29. The van der Waals surface area contributed by atoms with Crippen LogP contribution in [0.25, 0.3) is 0 Å². The summed E-state index contributed by atoms with van der Waals surface area (Å²) in [4.78, 5) is 27.2. The van der Waals surface area contributed by atoms with E-state index in [9.17, 15) is 23.5 Å². The molecule has 1 amide bonds. The lowest BCUT2D eigenvalue weighted by atomic mass is 9.69. The van der Waals surface area contributed by atoms with Crippen molar-refractivity contribution in [3.05, 3.63) is 53.4 Å². The first-order valence-corrected chi connectivity index (χ1v) is 8.56. The second-order valence-electron chi connectivity index (χ2n) is 6.86. The number of carboxylic acids is 1. The number of benzene rings is 1. The summed E-state index contributed by atoms with van der Waals surface area (Å²) in [6.45, 7) is 0. The number of halogens is 2. The zero-order valence-corrected chi connectivity index (χ0v) is 14.2. The lowest BCUT2D eigenvalue weighted by Crippen LogP contribution is -2.41. The molecule has 1 aliphatic heterocycles. The van der Waals surface area contributed by atoms with Gasteiger partial charge in [-0.05, 0) is 49.4 Å².